The first-order valence-corrected chi connectivity index (χ1v) is 2.90. The lowest BCUT2D eigenvalue weighted by Gasteiger charge is -1.92. The van der Waals surface area contributed by atoms with E-state index in [1.165, 1.54) is 6.07 Å². The van der Waals surface area contributed by atoms with Gasteiger partial charge >= 0.3 is 0 Å². The van der Waals surface area contributed by atoms with E-state index in [0.717, 1.165) is 0 Å². The fourth-order valence-electron chi connectivity index (χ4n) is 0.449. The number of aromatic hydroxyl groups is 2. The Morgan fingerprint density at radius 2 is 2.00 bits per heavy atom. The molecule has 0 spiro atoms. The second-order valence-corrected chi connectivity index (χ2v) is 2.34. The Hall–Kier alpha value is -0.840. The molecule has 0 aromatic carbocycles. The van der Waals surface area contributed by atoms with Crippen molar-refractivity contribution in [2.24, 2.45) is 0 Å². The van der Waals surface area contributed by atoms with Crippen LogP contribution in [0, 0.1) is 0 Å². The van der Waals surface area contributed by atoms with Gasteiger partial charge < -0.3 is 15.4 Å². The Kier molecular flexibility index (Phi) is 1.28. The van der Waals surface area contributed by atoms with Crippen LogP contribution in [0.5, 0.6) is 11.8 Å². The summed E-state index contributed by atoms with van der Waals surface area (Å²) in [6, 6.07) is 1.18. The first-order valence-electron chi connectivity index (χ1n) is 2.11. The molecule has 3 N–H and O–H groups in total. The highest BCUT2D eigenvalue weighted by atomic mass is 79.9. The minimum atomic E-state index is -0.410. The van der Waals surface area contributed by atoms with Crippen LogP contribution < -0.4 is 0 Å². The standard InChI is InChI=1S/C4H4BrNO3/c5-2-1-3(7)6(9)4(2)8/h1,7-9H. The maximum atomic E-state index is 8.73. The van der Waals surface area contributed by atoms with Crippen LogP contribution in [0.3, 0.4) is 0 Å². The summed E-state index contributed by atoms with van der Waals surface area (Å²) in [6.07, 6.45) is 0. The molecule has 0 radical (unpaired) electrons. The van der Waals surface area contributed by atoms with Crippen molar-refractivity contribution in [3.63, 3.8) is 0 Å². The van der Waals surface area contributed by atoms with Crippen LogP contribution in [-0.2, 0) is 0 Å². The average Bonchev–Trinajstić information content (AvgIpc) is 1.98. The Morgan fingerprint density at radius 1 is 1.44 bits per heavy atom. The molecule has 1 aromatic heterocycles. The second-order valence-electron chi connectivity index (χ2n) is 1.49. The number of aromatic nitrogens is 1. The van der Waals surface area contributed by atoms with Gasteiger partial charge in [0.2, 0.25) is 11.8 Å². The van der Waals surface area contributed by atoms with Crippen LogP contribution in [0.25, 0.3) is 0 Å². The van der Waals surface area contributed by atoms with Gasteiger partial charge in [-0.2, -0.15) is 0 Å². The SMILES string of the molecule is Oc1cc(Br)c(O)n1O. The quantitative estimate of drug-likeness (QED) is 0.537. The van der Waals surface area contributed by atoms with Crippen molar-refractivity contribution in [1.82, 2.24) is 4.73 Å². The molecule has 1 aromatic rings. The van der Waals surface area contributed by atoms with Crippen molar-refractivity contribution in [2.45, 2.75) is 0 Å². The van der Waals surface area contributed by atoms with Crippen LogP contribution in [-0.4, -0.2) is 20.2 Å². The molecule has 1 rings (SSSR count). The Morgan fingerprint density at radius 3 is 2.11 bits per heavy atom. The van der Waals surface area contributed by atoms with Crippen LogP contribution in [0.15, 0.2) is 10.5 Å². The molecule has 0 fully saturated rings. The number of halogens is 1. The van der Waals surface area contributed by atoms with Crippen molar-refractivity contribution >= 4 is 15.9 Å². The molecule has 0 aliphatic heterocycles. The maximum Gasteiger partial charge on any atom is 0.243 e. The molecule has 9 heavy (non-hydrogen) atoms. The summed E-state index contributed by atoms with van der Waals surface area (Å²) in [4.78, 5) is 0. The molecular weight excluding hydrogens is 190 g/mol. The van der Waals surface area contributed by atoms with Gasteiger partial charge in [0.05, 0.1) is 4.47 Å². The zero-order valence-electron chi connectivity index (χ0n) is 4.24. The fourth-order valence-corrected chi connectivity index (χ4v) is 0.821. The van der Waals surface area contributed by atoms with E-state index in [1.54, 1.807) is 0 Å². The Balaban J connectivity index is 3.29. The molecule has 0 saturated heterocycles. The molecule has 0 bridgehead atoms. The van der Waals surface area contributed by atoms with E-state index < -0.39 is 11.8 Å². The molecule has 0 aliphatic carbocycles. The van der Waals surface area contributed by atoms with E-state index in [2.05, 4.69) is 15.9 Å². The van der Waals surface area contributed by atoms with Gasteiger partial charge in [-0.15, -0.1) is 4.73 Å². The Bertz CT molecular complexity index is 209. The van der Waals surface area contributed by atoms with Crippen LogP contribution in [0.2, 0.25) is 0 Å². The van der Waals surface area contributed by atoms with Gasteiger partial charge in [-0.25, -0.2) is 0 Å². The predicted molar refractivity (Wildman–Crippen MR) is 32.6 cm³/mol. The van der Waals surface area contributed by atoms with Gasteiger partial charge in [0.25, 0.3) is 0 Å². The van der Waals surface area contributed by atoms with E-state index in [4.69, 9.17) is 15.4 Å². The minimum absolute atomic E-state index is 0.252. The van der Waals surface area contributed by atoms with E-state index in [-0.39, 0.29) is 9.20 Å². The lowest BCUT2D eigenvalue weighted by Crippen LogP contribution is -1.85. The van der Waals surface area contributed by atoms with E-state index >= 15 is 0 Å². The van der Waals surface area contributed by atoms with E-state index in [9.17, 15) is 0 Å². The zero-order valence-corrected chi connectivity index (χ0v) is 5.83. The average molecular weight is 194 g/mol. The highest BCUT2D eigenvalue weighted by Gasteiger charge is 2.08. The summed E-state index contributed by atoms with van der Waals surface area (Å²) in [6.45, 7) is 0. The summed E-state index contributed by atoms with van der Waals surface area (Å²) in [7, 11) is 0. The van der Waals surface area contributed by atoms with Gasteiger partial charge in [-0.3, -0.25) is 0 Å². The topological polar surface area (TPSA) is 65.6 Å². The summed E-state index contributed by atoms with van der Waals surface area (Å²) >= 11 is 2.88. The lowest BCUT2D eigenvalue weighted by molar-refractivity contribution is 0.130. The van der Waals surface area contributed by atoms with E-state index in [0.29, 0.717) is 0 Å². The summed E-state index contributed by atoms with van der Waals surface area (Å²) in [5.74, 6) is -0.813. The molecule has 5 heteroatoms. The molecule has 0 atom stereocenters. The van der Waals surface area contributed by atoms with Crippen molar-refractivity contribution in [1.29, 1.82) is 0 Å². The maximum absolute atomic E-state index is 8.73. The monoisotopic (exact) mass is 193 g/mol. The van der Waals surface area contributed by atoms with Gasteiger partial charge in [-0.1, -0.05) is 0 Å². The smallest absolute Gasteiger partial charge is 0.243 e. The molecule has 0 saturated carbocycles. The Labute approximate surface area is 59.1 Å². The first-order chi connectivity index (χ1) is 4.13. The number of rotatable bonds is 0. The molecule has 1 heterocycles. The lowest BCUT2D eigenvalue weighted by atomic mass is 10.6. The molecule has 50 valence electrons. The van der Waals surface area contributed by atoms with Crippen molar-refractivity contribution in [3.8, 4) is 11.8 Å². The predicted octanol–water partition coefficient (Wildman–Crippen LogP) is 0.899. The van der Waals surface area contributed by atoms with Gasteiger partial charge in [-0.05, 0) is 15.9 Å². The van der Waals surface area contributed by atoms with Crippen molar-refractivity contribution in [2.75, 3.05) is 0 Å². The normalized spacial score (nSPS) is 9.89. The van der Waals surface area contributed by atoms with Gasteiger partial charge in [0.1, 0.15) is 0 Å². The highest BCUT2D eigenvalue weighted by molar-refractivity contribution is 9.10. The third-order valence-corrected chi connectivity index (χ3v) is 1.47. The fraction of sp³-hybridized carbons (Fsp3) is 0. The summed E-state index contributed by atoms with van der Waals surface area (Å²) in [5, 5.41) is 26.0. The number of hydrogen-bond donors (Lipinski definition) is 3. The molecule has 4 nitrogen and oxygen atoms in total. The van der Waals surface area contributed by atoms with Crippen molar-refractivity contribution < 1.29 is 15.4 Å². The van der Waals surface area contributed by atoms with Crippen LogP contribution >= 0.6 is 15.9 Å². The van der Waals surface area contributed by atoms with Gasteiger partial charge in [0, 0.05) is 6.07 Å². The van der Waals surface area contributed by atoms with Crippen LogP contribution in [0.1, 0.15) is 0 Å². The summed E-state index contributed by atoms with van der Waals surface area (Å²) < 4.78 is 0.520. The van der Waals surface area contributed by atoms with E-state index in [1.807, 2.05) is 0 Å². The van der Waals surface area contributed by atoms with Gasteiger partial charge in [0.15, 0.2) is 0 Å². The number of hydrogen-bond acceptors (Lipinski definition) is 3. The van der Waals surface area contributed by atoms with Crippen molar-refractivity contribution in [3.05, 3.63) is 10.5 Å². The number of nitrogens with zero attached hydrogens (tertiary/aromatic N) is 1. The molecule has 0 amide bonds. The second kappa shape index (κ2) is 1.84. The highest BCUT2D eigenvalue weighted by Crippen LogP contribution is 2.29. The summed E-state index contributed by atoms with van der Waals surface area (Å²) in [5.41, 5.74) is 0. The largest absolute Gasteiger partial charge is 0.492 e. The first kappa shape index (κ1) is 6.28. The minimum Gasteiger partial charge on any atom is -0.492 e. The van der Waals surface area contributed by atoms with Crippen LogP contribution in [0.4, 0.5) is 0 Å². The molecule has 0 unspecified atom stereocenters. The third kappa shape index (κ3) is 0.829. The molecule has 0 aliphatic rings. The zero-order chi connectivity index (χ0) is 7.02. The molecular formula is C4H4BrNO3. The third-order valence-electron chi connectivity index (χ3n) is 0.887.